The molecule has 0 saturated heterocycles. The SMILES string of the molecule is COc1ccc(Cn2cc(F)c(/C=C/c3ccccc3)c(CCCC(=O)O)c2=O)cc1. The summed E-state index contributed by atoms with van der Waals surface area (Å²) in [6.45, 7) is 0.203. The van der Waals surface area contributed by atoms with Gasteiger partial charge in [0.15, 0.2) is 0 Å². The van der Waals surface area contributed by atoms with Gasteiger partial charge in [-0.3, -0.25) is 9.59 Å². The second-order valence-electron chi connectivity index (χ2n) is 7.14. The molecule has 6 heteroatoms. The number of aromatic nitrogens is 1. The molecule has 1 N–H and O–H groups in total. The number of hydrogen-bond donors (Lipinski definition) is 1. The van der Waals surface area contributed by atoms with Crippen molar-refractivity contribution in [2.24, 2.45) is 0 Å². The standard InChI is InChI=1S/C25H24FNO4/c1-31-20-13-10-19(11-14-20)16-27-17-23(26)21(15-12-18-6-3-2-4-7-18)22(25(27)30)8-5-9-24(28)29/h2-4,6-7,10-15,17H,5,8-9,16H2,1H3,(H,28,29)/b15-12+. The predicted molar refractivity (Wildman–Crippen MR) is 119 cm³/mol. The molecule has 1 aromatic heterocycles. The van der Waals surface area contributed by atoms with Gasteiger partial charge in [-0.1, -0.05) is 54.6 Å². The van der Waals surface area contributed by atoms with Crippen LogP contribution < -0.4 is 10.3 Å². The van der Waals surface area contributed by atoms with Crippen LogP contribution in [0, 0.1) is 5.82 Å². The van der Waals surface area contributed by atoms with Crippen LogP contribution in [0.4, 0.5) is 4.39 Å². The van der Waals surface area contributed by atoms with E-state index >= 15 is 4.39 Å². The van der Waals surface area contributed by atoms with E-state index in [1.165, 1.54) is 10.8 Å². The monoisotopic (exact) mass is 421 g/mol. The lowest BCUT2D eigenvalue weighted by molar-refractivity contribution is -0.137. The van der Waals surface area contributed by atoms with Gasteiger partial charge in [0, 0.05) is 23.7 Å². The molecule has 5 nitrogen and oxygen atoms in total. The van der Waals surface area contributed by atoms with Gasteiger partial charge in [-0.15, -0.1) is 0 Å². The summed E-state index contributed by atoms with van der Waals surface area (Å²) in [6.07, 6.45) is 4.88. The van der Waals surface area contributed by atoms with E-state index in [0.717, 1.165) is 11.1 Å². The molecule has 0 atom stereocenters. The summed E-state index contributed by atoms with van der Waals surface area (Å²) in [7, 11) is 1.57. The fourth-order valence-corrected chi connectivity index (χ4v) is 3.32. The van der Waals surface area contributed by atoms with Gasteiger partial charge in [-0.25, -0.2) is 4.39 Å². The lowest BCUT2D eigenvalue weighted by Crippen LogP contribution is -2.26. The molecule has 0 aliphatic carbocycles. The summed E-state index contributed by atoms with van der Waals surface area (Å²) in [4.78, 5) is 24.1. The quantitative estimate of drug-likeness (QED) is 0.547. The maximum atomic E-state index is 15.1. The Kier molecular flexibility index (Phi) is 7.38. The smallest absolute Gasteiger partial charge is 0.303 e. The summed E-state index contributed by atoms with van der Waals surface area (Å²) in [5.41, 5.74) is 1.86. The molecule has 0 radical (unpaired) electrons. The van der Waals surface area contributed by atoms with Gasteiger partial charge in [0.05, 0.1) is 13.7 Å². The van der Waals surface area contributed by atoms with Crippen LogP contribution in [0.1, 0.15) is 35.1 Å². The minimum Gasteiger partial charge on any atom is -0.497 e. The van der Waals surface area contributed by atoms with Crippen LogP contribution in [-0.2, 0) is 17.8 Å². The molecule has 31 heavy (non-hydrogen) atoms. The van der Waals surface area contributed by atoms with Crippen molar-refractivity contribution < 1.29 is 19.0 Å². The number of nitrogens with zero attached hydrogens (tertiary/aromatic N) is 1. The van der Waals surface area contributed by atoms with Gasteiger partial charge in [0.2, 0.25) is 0 Å². The summed E-state index contributed by atoms with van der Waals surface area (Å²) < 4.78 is 21.5. The van der Waals surface area contributed by atoms with Crippen LogP contribution in [0.3, 0.4) is 0 Å². The number of carbonyl (C=O) groups is 1. The topological polar surface area (TPSA) is 68.5 Å². The van der Waals surface area contributed by atoms with Crippen molar-refractivity contribution in [2.45, 2.75) is 25.8 Å². The zero-order valence-corrected chi connectivity index (χ0v) is 17.3. The van der Waals surface area contributed by atoms with Crippen molar-refractivity contribution in [1.29, 1.82) is 0 Å². The van der Waals surface area contributed by atoms with E-state index in [1.54, 1.807) is 31.4 Å². The van der Waals surface area contributed by atoms with Crippen molar-refractivity contribution in [3.63, 3.8) is 0 Å². The summed E-state index contributed by atoms with van der Waals surface area (Å²) >= 11 is 0. The fraction of sp³-hybridized carbons (Fsp3) is 0.200. The molecular formula is C25H24FNO4. The zero-order valence-electron chi connectivity index (χ0n) is 17.3. The molecule has 3 rings (SSSR count). The number of ether oxygens (including phenoxy) is 1. The van der Waals surface area contributed by atoms with Gasteiger partial charge in [-0.2, -0.15) is 0 Å². The molecule has 0 unspecified atom stereocenters. The molecule has 0 fully saturated rings. The number of carboxylic acid groups (broad SMARTS) is 1. The molecule has 160 valence electrons. The van der Waals surface area contributed by atoms with E-state index in [0.29, 0.717) is 5.75 Å². The van der Waals surface area contributed by atoms with Crippen LogP contribution in [0.2, 0.25) is 0 Å². The van der Waals surface area contributed by atoms with E-state index < -0.39 is 11.8 Å². The number of benzene rings is 2. The zero-order chi connectivity index (χ0) is 22.2. The Morgan fingerprint density at radius 2 is 1.81 bits per heavy atom. The minimum absolute atomic E-state index is 0.0870. The van der Waals surface area contributed by atoms with Crippen molar-refractivity contribution in [2.75, 3.05) is 7.11 Å². The number of hydrogen-bond acceptors (Lipinski definition) is 3. The van der Waals surface area contributed by atoms with Crippen LogP contribution in [0.25, 0.3) is 12.2 Å². The first-order valence-corrected chi connectivity index (χ1v) is 9.97. The third-order valence-electron chi connectivity index (χ3n) is 4.94. The molecule has 0 amide bonds. The molecule has 0 saturated carbocycles. The van der Waals surface area contributed by atoms with Gasteiger partial charge < -0.3 is 14.4 Å². The van der Waals surface area contributed by atoms with Crippen LogP contribution >= 0.6 is 0 Å². The highest BCUT2D eigenvalue weighted by Crippen LogP contribution is 2.18. The molecule has 0 bridgehead atoms. The lowest BCUT2D eigenvalue weighted by atomic mass is 10.0. The Labute approximate surface area is 180 Å². The molecule has 0 aliphatic heterocycles. The molecule has 2 aromatic carbocycles. The Balaban J connectivity index is 1.97. The van der Waals surface area contributed by atoms with Crippen molar-refractivity contribution in [1.82, 2.24) is 4.57 Å². The normalized spacial score (nSPS) is 11.0. The van der Waals surface area contributed by atoms with E-state index in [9.17, 15) is 9.59 Å². The van der Waals surface area contributed by atoms with Crippen molar-refractivity contribution >= 4 is 18.1 Å². The Morgan fingerprint density at radius 3 is 2.45 bits per heavy atom. The highest BCUT2D eigenvalue weighted by Gasteiger charge is 2.15. The first-order valence-electron chi connectivity index (χ1n) is 9.97. The maximum absolute atomic E-state index is 15.1. The van der Waals surface area contributed by atoms with E-state index in [2.05, 4.69) is 0 Å². The molecule has 0 spiro atoms. The van der Waals surface area contributed by atoms with Crippen LogP contribution in [0.15, 0.2) is 65.6 Å². The first-order chi connectivity index (χ1) is 15.0. The summed E-state index contributed by atoms with van der Waals surface area (Å²) in [5, 5.41) is 8.95. The fourth-order valence-electron chi connectivity index (χ4n) is 3.32. The average Bonchev–Trinajstić information content (AvgIpc) is 2.77. The number of aliphatic carboxylic acids is 1. The van der Waals surface area contributed by atoms with Crippen molar-refractivity contribution in [3.05, 3.63) is 99.2 Å². The highest BCUT2D eigenvalue weighted by molar-refractivity contribution is 5.71. The van der Waals surface area contributed by atoms with Gasteiger partial charge >= 0.3 is 5.97 Å². The number of methoxy groups -OCH3 is 1. The molecular weight excluding hydrogens is 397 g/mol. The van der Waals surface area contributed by atoms with Crippen LogP contribution in [-0.4, -0.2) is 22.8 Å². The average molecular weight is 421 g/mol. The number of halogens is 1. The second-order valence-corrected chi connectivity index (χ2v) is 7.14. The summed E-state index contributed by atoms with van der Waals surface area (Å²) in [6, 6.07) is 16.6. The predicted octanol–water partition coefficient (Wildman–Crippen LogP) is 4.62. The molecule has 1 heterocycles. The van der Waals surface area contributed by atoms with Crippen LogP contribution in [0.5, 0.6) is 5.75 Å². The van der Waals surface area contributed by atoms with Gasteiger partial charge in [0.1, 0.15) is 11.6 Å². The maximum Gasteiger partial charge on any atom is 0.303 e. The third kappa shape index (κ3) is 5.92. The first kappa shape index (κ1) is 22.0. The van der Waals surface area contributed by atoms with E-state index in [-0.39, 0.29) is 42.5 Å². The largest absolute Gasteiger partial charge is 0.497 e. The number of pyridine rings is 1. The molecule has 3 aromatic rings. The lowest BCUT2D eigenvalue weighted by Gasteiger charge is -2.13. The summed E-state index contributed by atoms with van der Waals surface area (Å²) in [5.74, 6) is -0.778. The Hall–Kier alpha value is -3.67. The number of carboxylic acids is 1. The Morgan fingerprint density at radius 1 is 1.10 bits per heavy atom. The highest BCUT2D eigenvalue weighted by atomic mass is 19.1. The van der Waals surface area contributed by atoms with E-state index in [4.69, 9.17) is 9.84 Å². The minimum atomic E-state index is -0.948. The second kappa shape index (κ2) is 10.4. The van der Waals surface area contributed by atoms with Crippen molar-refractivity contribution in [3.8, 4) is 5.75 Å². The third-order valence-corrected chi connectivity index (χ3v) is 4.94. The number of rotatable bonds is 9. The molecule has 0 aliphatic rings. The van der Waals surface area contributed by atoms with Gasteiger partial charge in [-0.05, 0) is 36.1 Å². The van der Waals surface area contributed by atoms with Gasteiger partial charge in [0.25, 0.3) is 5.56 Å². The van der Waals surface area contributed by atoms with E-state index in [1.807, 2.05) is 42.5 Å². The Bertz CT molecular complexity index is 1120.